The Bertz CT molecular complexity index is 327. The Balaban J connectivity index is 2.43. The van der Waals surface area contributed by atoms with E-state index in [9.17, 15) is 0 Å². The van der Waals surface area contributed by atoms with E-state index >= 15 is 0 Å². The molecule has 0 spiro atoms. The lowest BCUT2D eigenvalue weighted by atomic mass is 10.1. The zero-order chi connectivity index (χ0) is 9.42. The third kappa shape index (κ3) is 1.75. The highest BCUT2D eigenvalue weighted by molar-refractivity contribution is 6.24. The van der Waals surface area contributed by atoms with Gasteiger partial charge < -0.3 is 5.32 Å². The van der Waals surface area contributed by atoms with Crippen molar-refractivity contribution >= 4 is 28.9 Å². The number of halogens is 2. The smallest absolute Gasteiger partial charge is 0.156 e. The van der Waals surface area contributed by atoms with Gasteiger partial charge in [-0.1, -0.05) is 23.7 Å². The van der Waals surface area contributed by atoms with Gasteiger partial charge in [0.1, 0.15) is 5.50 Å². The van der Waals surface area contributed by atoms with E-state index in [0.29, 0.717) is 0 Å². The van der Waals surface area contributed by atoms with E-state index in [4.69, 9.17) is 23.2 Å². The van der Waals surface area contributed by atoms with Crippen molar-refractivity contribution in [2.45, 2.75) is 18.0 Å². The minimum Gasteiger partial charge on any atom is -0.357 e. The number of fused-ring (bicyclic) bond motifs is 1. The van der Waals surface area contributed by atoms with Gasteiger partial charge in [0, 0.05) is 11.3 Å². The van der Waals surface area contributed by atoms with Gasteiger partial charge in [-0.2, -0.15) is 0 Å². The van der Waals surface area contributed by atoms with E-state index in [2.05, 4.69) is 10.6 Å². The van der Waals surface area contributed by atoms with Crippen LogP contribution in [0, 0.1) is 6.92 Å². The van der Waals surface area contributed by atoms with Crippen molar-refractivity contribution in [2.75, 3.05) is 5.32 Å². The molecule has 2 rings (SSSR count). The number of nitrogens with one attached hydrogen (secondary N) is 2. The van der Waals surface area contributed by atoms with Crippen LogP contribution < -0.4 is 10.6 Å². The first kappa shape index (κ1) is 9.13. The van der Waals surface area contributed by atoms with E-state index in [0.717, 1.165) is 11.3 Å². The van der Waals surface area contributed by atoms with Gasteiger partial charge in [-0.05, 0) is 18.6 Å². The molecule has 4 heteroatoms. The molecule has 0 saturated carbocycles. The molecule has 2 atom stereocenters. The van der Waals surface area contributed by atoms with Crippen molar-refractivity contribution in [1.82, 2.24) is 5.32 Å². The number of hydrogen-bond donors (Lipinski definition) is 2. The largest absolute Gasteiger partial charge is 0.357 e. The van der Waals surface area contributed by atoms with E-state index in [1.54, 1.807) is 0 Å². The summed E-state index contributed by atoms with van der Waals surface area (Å²) in [6, 6.07) is 6.08. The third-order valence-electron chi connectivity index (χ3n) is 2.06. The van der Waals surface area contributed by atoms with Gasteiger partial charge in [-0.25, -0.2) is 0 Å². The Morgan fingerprint density at radius 3 is 2.85 bits per heavy atom. The summed E-state index contributed by atoms with van der Waals surface area (Å²) in [6.07, 6.45) is 0. The molecular formula is C9H10Cl2N2. The molecule has 0 unspecified atom stereocenters. The minimum atomic E-state index is -0.295. The van der Waals surface area contributed by atoms with Gasteiger partial charge in [0.05, 0.1) is 0 Å². The second-order valence-corrected chi connectivity index (χ2v) is 4.00. The predicted octanol–water partition coefficient (Wildman–Crippen LogP) is 2.77. The van der Waals surface area contributed by atoms with Crippen molar-refractivity contribution in [3.63, 3.8) is 0 Å². The highest BCUT2D eigenvalue weighted by Crippen LogP contribution is 2.31. The van der Waals surface area contributed by atoms with Crippen molar-refractivity contribution in [3.05, 3.63) is 29.3 Å². The molecule has 1 aliphatic rings. The third-order valence-corrected chi connectivity index (χ3v) is 2.65. The molecule has 2 nitrogen and oxygen atoms in total. The van der Waals surface area contributed by atoms with Gasteiger partial charge in [0.25, 0.3) is 0 Å². The van der Waals surface area contributed by atoms with Crippen LogP contribution >= 0.6 is 23.2 Å². The van der Waals surface area contributed by atoms with Crippen LogP contribution in [0.4, 0.5) is 5.69 Å². The number of alkyl halides is 2. The average molecular weight is 217 g/mol. The second kappa shape index (κ2) is 3.37. The van der Waals surface area contributed by atoms with Crippen LogP contribution in [-0.2, 0) is 0 Å². The first-order chi connectivity index (χ1) is 6.16. The maximum atomic E-state index is 6.06. The van der Waals surface area contributed by atoms with Crippen LogP contribution in [0.25, 0.3) is 0 Å². The summed E-state index contributed by atoms with van der Waals surface area (Å²) in [5.74, 6) is 0. The fourth-order valence-corrected chi connectivity index (χ4v) is 2.04. The Hall–Kier alpha value is -0.440. The molecule has 0 bridgehead atoms. The number of aryl methyl sites for hydroxylation is 1. The summed E-state index contributed by atoms with van der Waals surface area (Å²) in [5, 5.41) is 6.08. The van der Waals surface area contributed by atoms with Crippen LogP contribution in [0.2, 0.25) is 0 Å². The molecule has 70 valence electrons. The minimum absolute atomic E-state index is 0.209. The van der Waals surface area contributed by atoms with Crippen LogP contribution in [0.15, 0.2) is 18.2 Å². The van der Waals surface area contributed by atoms with Gasteiger partial charge in [0.15, 0.2) is 5.62 Å². The van der Waals surface area contributed by atoms with E-state index < -0.39 is 0 Å². The molecule has 0 fully saturated rings. The number of hydrogen-bond acceptors (Lipinski definition) is 2. The summed E-state index contributed by atoms with van der Waals surface area (Å²) in [7, 11) is 0. The zero-order valence-electron chi connectivity index (χ0n) is 7.14. The highest BCUT2D eigenvalue weighted by atomic mass is 35.5. The Morgan fingerprint density at radius 2 is 2.08 bits per heavy atom. The van der Waals surface area contributed by atoms with Crippen LogP contribution in [0.1, 0.15) is 16.6 Å². The topological polar surface area (TPSA) is 24.1 Å². The molecule has 0 amide bonds. The molecule has 13 heavy (non-hydrogen) atoms. The summed E-state index contributed by atoms with van der Waals surface area (Å²) in [6.45, 7) is 2.04. The lowest BCUT2D eigenvalue weighted by Crippen LogP contribution is -2.37. The molecule has 0 aromatic heterocycles. The first-order valence-corrected chi connectivity index (χ1v) is 4.95. The van der Waals surface area contributed by atoms with Crippen molar-refractivity contribution in [1.29, 1.82) is 0 Å². The maximum Gasteiger partial charge on any atom is 0.156 e. The summed E-state index contributed by atoms with van der Waals surface area (Å²) in [5.41, 5.74) is 2.75. The molecule has 1 aliphatic heterocycles. The van der Waals surface area contributed by atoms with Gasteiger partial charge in [-0.15, -0.1) is 11.6 Å². The Labute approximate surface area is 87.2 Å². The lowest BCUT2D eigenvalue weighted by molar-refractivity contribution is 0.642. The fourth-order valence-electron chi connectivity index (χ4n) is 1.41. The monoisotopic (exact) mass is 216 g/mol. The summed E-state index contributed by atoms with van der Waals surface area (Å²) in [4.78, 5) is 0. The van der Waals surface area contributed by atoms with E-state index in [1.165, 1.54) is 5.56 Å². The van der Waals surface area contributed by atoms with Crippen molar-refractivity contribution in [3.8, 4) is 0 Å². The number of rotatable bonds is 0. The van der Waals surface area contributed by atoms with Crippen molar-refractivity contribution in [2.24, 2.45) is 0 Å². The van der Waals surface area contributed by atoms with Gasteiger partial charge in [-0.3, -0.25) is 5.32 Å². The predicted molar refractivity (Wildman–Crippen MR) is 56.2 cm³/mol. The standard InChI is InChI=1S/C9H10Cl2N2/c1-5-2-3-6-7(4-5)12-9(11)13-8(6)10/h2-4,8-9,12-13H,1H3/t8-,9+/m0/s1. The van der Waals surface area contributed by atoms with Gasteiger partial charge >= 0.3 is 0 Å². The Morgan fingerprint density at radius 1 is 1.31 bits per heavy atom. The zero-order valence-corrected chi connectivity index (χ0v) is 8.65. The van der Waals surface area contributed by atoms with E-state index in [1.807, 2.05) is 25.1 Å². The van der Waals surface area contributed by atoms with Crippen molar-refractivity contribution < 1.29 is 0 Å². The Kier molecular flexibility index (Phi) is 2.37. The van der Waals surface area contributed by atoms with E-state index in [-0.39, 0.29) is 11.1 Å². The quantitative estimate of drug-likeness (QED) is 0.515. The number of anilines is 1. The molecule has 0 aliphatic carbocycles. The first-order valence-electron chi connectivity index (χ1n) is 4.08. The second-order valence-electron chi connectivity index (χ2n) is 3.13. The average Bonchev–Trinajstić information content (AvgIpc) is 2.02. The SMILES string of the molecule is Cc1ccc2c(c1)N[C@@H](Cl)N[C@@H]2Cl. The fraction of sp³-hybridized carbons (Fsp3) is 0.333. The maximum absolute atomic E-state index is 6.06. The summed E-state index contributed by atoms with van der Waals surface area (Å²) >= 11 is 11.9. The van der Waals surface area contributed by atoms with Crippen LogP contribution in [0.5, 0.6) is 0 Å². The molecular weight excluding hydrogens is 207 g/mol. The highest BCUT2D eigenvalue weighted by Gasteiger charge is 2.21. The van der Waals surface area contributed by atoms with Gasteiger partial charge in [0.2, 0.25) is 0 Å². The summed E-state index contributed by atoms with van der Waals surface area (Å²) < 4.78 is 0. The molecule has 1 heterocycles. The number of benzene rings is 1. The lowest BCUT2D eigenvalue weighted by Gasteiger charge is -2.28. The molecule has 2 N–H and O–H groups in total. The molecule has 0 saturated heterocycles. The molecule has 0 radical (unpaired) electrons. The molecule has 1 aromatic rings. The van der Waals surface area contributed by atoms with Crippen LogP contribution in [-0.4, -0.2) is 5.62 Å². The van der Waals surface area contributed by atoms with Crippen LogP contribution in [0.3, 0.4) is 0 Å². The normalized spacial score (nSPS) is 26.4. The molecule has 1 aromatic carbocycles.